The van der Waals surface area contributed by atoms with Crippen molar-refractivity contribution in [3.8, 4) is 0 Å². The summed E-state index contributed by atoms with van der Waals surface area (Å²) < 4.78 is 0. The van der Waals surface area contributed by atoms with Gasteiger partial charge in [-0.2, -0.15) is 0 Å². The zero-order valence-electron chi connectivity index (χ0n) is 17.1. The molecule has 3 heterocycles. The number of hydrogen-bond donors (Lipinski definition) is 2. The number of fused-ring (bicyclic) bond motifs is 2. The lowest BCUT2D eigenvalue weighted by Gasteiger charge is -2.35. The van der Waals surface area contributed by atoms with Crippen LogP contribution >= 0.6 is 0 Å². The van der Waals surface area contributed by atoms with Crippen molar-refractivity contribution in [1.82, 2.24) is 20.2 Å². The summed E-state index contributed by atoms with van der Waals surface area (Å²) in [5.74, 6) is 0.576. The van der Waals surface area contributed by atoms with E-state index in [0.29, 0.717) is 17.7 Å². The molecule has 1 saturated carbocycles. The second-order valence-corrected chi connectivity index (χ2v) is 9.12. The van der Waals surface area contributed by atoms with Gasteiger partial charge in [-0.1, -0.05) is 20.8 Å². The Morgan fingerprint density at radius 2 is 2.04 bits per heavy atom. The number of rotatable bonds is 6. The average molecular weight is 386 g/mol. The van der Waals surface area contributed by atoms with Crippen molar-refractivity contribution in [2.24, 2.45) is 11.3 Å². The van der Waals surface area contributed by atoms with E-state index in [9.17, 15) is 9.59 Å². The first-order valence-electron chi connectivity index (χ1n) is 10.6. The third-order valence-corrected chi connectivity index (χ3v) is 6.60. The summed E-state index contributed by atoms with van der Waals surface area (Å²) in [5.41, 5.74) is 6.57. The molecule has 0 aromatic carbocycles. The fraction of sp³-hybridized carbons (Fsp3) is 0.714. The predicted octanol–water partition coefficient (Wildman–Crippen LogP) is 2.31. The predicted molar refractivity (Wildman–Crippen MR) is 106 cm³/mol. The van der Waals surface area contributed by atoms with Gasteiger partial charge in [0.15, 0.2) is 0 Å². The highest BCUT2D eigenvalue weighted by atomic mass is 16.2. The first-order valence-corrected chi connectivity index (χ1v) is 10.6. The van der Waals surface area contributed by atoms with Gasteiger partial charge in [-0.25, -0.2) is 9.97 Å². The molecule has 4 rings (SSSR count). The molecule has 2 amide bonds. The van der Waals surface area contributed by atoms with Crippen LogP contribution in [0.2, 0.25) is 0 Å². The summed E-state index contributed by atoms with van der Waals surface area (Å²) in [4.78, 5) is 36.9. The van der Waals surface area contributed by atoms with E-state index in [1.165, 1.54) is 0 Å². The number of nitrogens with zero attached hydrogens (tertiary/aromatic N) is 3. The first kappa shape index (κ1) is 19.2. The standard InChI is InChI=1S/C21H31N5O2/c1-4-21(19(28)23-13-5-6-13)11-15-7-8-17(21)26(15)18(27)16-10-14(9-12(2)3)24-20(22)25-16/h10,12-13,15,17H,4-9,11H2,1-3H3,(H,23,28)(H2,22,24,25)/t15-,17+,21+/m1/s1. The molecule has 1 aromatic rings. The van der Waals surface area contributed by atoms with E-state index < -0.39 is 5.41 Å². The van der Waals surface area contributed by atoms with E-state index >= 15 is 0 Å². The van der Waals surface area contributed by atoms with Crippen molar-refractivity contribution in [1.29, 1.82) is 0 Å². The van der Waals surface area contributed by atoms with Crippen molar-refractivity contribution in [2.75, 3.05) is 5.73 Å². The van der Waals surface area contributed by atoms with E-state index in [2.05, 4.69) is 36.1 Å². The highest BCUT2D eigenvalue weighted by Crippen LogP contribution is 2.52. The van der Waals surface area contributed by atoms with E-state index in [-0.39, 0.29) is 29.8 Å². The zero-order valence-corrected chi connectivity index (χ0v) is 17.1. The third kappa shape index (κ3) is 3.25. The molecular formula is C21H31N5O2. The van der Waals surface area contributed by atoms with E-state index in [1.807, 2.05) is 4.90 Å². The molecule has 2 saturated heterocycles. The zero-order chi connectivity index (χ0) is 20.1. The smallest absolute Gasteiger partial charge is 0.273 e. The summed E-state index contributed by atoms with van der Waals surface area (Å²) in [6.45, 7) is 6.28. The molecule has 2 aliphatic heterocycles. The Kier molecular flexibility index (Phi) is 4.79. The largest absolute Gasteiger partial charge is 0.368 e. The Bertz CT molecular complexity index is 791. The summed E-state index contributed by atoms with van der Waals surface area (Å²) in [6.07, 6.45) is 6.22. The van der Waals surface area contributed by atoms with Crippen molar-refractivity contribution in [3.63, 3.8) is 0 Å². The van der Waals surface area contributed by atoms with E-state index in [4.69, 9.17) is 5.73 Å². The number of carbonyl (C=O) groups is 2. The molecule has 28 heavy (non-hydrogen) atoms. The normalized spacial score (nSPS) is 28.8. The number of hydrogen-bond acceptors (Lipinski definition) is 5. The van der Waals surface area contributed by atoms with Crippen LogP contribution in [0.4, 0.5) is 5.95 Å². The summed E-state index contributed by atoms with van der Waals surface area (Å²) >= 11 is 0. The molecule has 3 aliphatic rings. The number of nitrogen functional groups attached to an aromatic ring is 1. The first-order chi connectivity index (χ1) is 13.3. The van der Waals surface area contributed by atoms with Crippen molar-refractivity contribution in [3.05, 3.63) is 17.5 Å². The third-order valence-electron chi connectivity index (χ3n) is 6.60. The maximum Gasteiger partial charge on any atom is 0.273 e. The van der Waals surface area contributed by atoms with Crippen LogP contribution in [0.1, 0.15) is 75.5 Å². The monoisotopic (exact) mass is 385 g/mol. The Morgan fingerprint density at radius 3 is 2.68 bits per heavy atom. The van der Waals surface area contributed by atoms with Crippen molar-refractivity contribution in [2.45, 2.75) is 83.8 Å². The number of carbonyl (C=O) groups excluding carboxylic acids is 2. The molecule has 3 N–H and O–H groups in total. The lowest BCUT2D eigenvalue weighted by molar-refractivity contribution is -0.133. The molecular weight excluding hydrogens is 354 g/mol. The summed E-state index contributed by atoms with van der Waals surface area (Å²) in [5, 5.41) is 3.19. The Hall–Kier alpha value is -2.18. The van der Waals surface area contributed by atoms with Gasteiger partial charge in [0.1, 0.15) is 5.69 Å². The van der Waals surface area contributed by atoms with Crippen molar-refractivity contribution < 1.29 is 9.59 Å². The Balaban J connectivity index is 1.60. The van der Waals surface area contributed by atoms with Crippen LogP contribution in [-0.2, 0) is 11.2 Å². The minimum atomic E-state index is -0.472. The van der Waals surface area contributed by atoms with Gasteiger partial charge in [-0.15, -0.1) is 0 Å². The Morgan fingerprint density at radius 1 is 1.29 bits per heavy atom. The molecule has 0 radical (unpaired) electrons. The summed E-state index contributed by atoms with van der Waals surface area (Å²) in [7, 11) is 0. The molecule has 152 valence electrons. The minimum absolute atomic E-state index is 0.0570. The number of amides is 2. The van der Waals surface area contributed by atoms with Gasteiger partial charge < -0.3 is 16.0 Å². The second-order valence-electron chi connectivity index (χ2n) is 9.12. The van der Waals surface area contributed by atoms with E-state index in [0.717, 1.165) is 50.6 Å². The highest BCUT2D eigenvalue weighted by Gasteiger charge is 2.60. The molecule has 1 aromatic heterocycles. The van der Waals surface area contributed by atoms with Gasteiger partial charge in [0.25, 0.3) is 5.91 Å². The van der Waals surface area contributed by atoms with Gasteiger partial charge in [-0.05, 0) is 56.9 Å². The topological polar surface area (TPSA) is 101 Å². The molecule has 3 atom stereocenters. The second kappa shape index (κ2) is 7.01. The lowest BCUT2D eigenvalue weighted by atomic mass is 9.71. The maximum absolute atomic E-state index is 13.4. The molecule has 0 spiro atoms. The fourth-order valence-electron chi connectivity index (χ4n) is 5.11. The number of nitrogens with one attached hydrogen (secondary N) is 1. The van der Waals surface area contributed by atoms with Gasteiger partial charge in [0.05, 0.1) is 5.41 Å². The quantitative estimate of drug-likeness (QED) is 0.782. The molecule has 7 heteroatoms. The highest BCUT2D eigenvalue weighted by molar-refractivity contribution is 5.95. The number of nitrogens with two attached hydrogens (primary N) is 1. The lowest BCUT2D eigenvalue weighted by Crippen LogP contribution is -2.50. The van der Waals surface area contributed by atoms with Gasteiger partial charge in [0.2, 0.25) is 11.9 Å². The SMILES string of the molecule is CC[C@]1(C(=O)NC2CC2)C[C@H]2CC[C@@H]1N2C(=O)c1cc(CC(C)C)nc(N)n1. The van der Waals surface area contributed by atoms with Crippen LogP contribution < -0.4 is 11.1 Å². The molecule has 3 fully saturated rings. The summed E-state index contributed by atoms with van der Waals surface area (Å²) in [6, 6.07) is 2.15. The van der Waals surface area contributed by atoms with E-state index in [1.54, 1.807) is 6.07 Å². The molecule has 0 unspecified atom stereocenters. The average Bonchev–Trinajstić information content (AvgIpc) is 3.27. The minimum Gasteiger partial charge on any atom is -0.368 e. The fourth-order valence-corrected chi connectivity index (χ4v) is 5.11. The molecule has 1 aliphatic carbocycles. The number of anilines is 1. The molecule has 2 bridgehead atoms. The maximum atomic E-state index is 13.4. The molecule has 7 nitrogen and oxygen atoms in total. The van der Waals surface area contributed by atoms with Crippen LogP contribution in [0, 0.1) is 11.3 Å². The Labute approximate surface area is 166 Å². The van der Waals surface area contributed by atoms with Gasteiger partial charge in [0, 0.05) is 23.8 Å². The van der Waals surface area contributed by atoms with Gasteiger partial charge >= 0.3 is 0 Å². The van der Waals surface area contributed by atoms with Crippen LogP contribution in [0.15, 0.2) is 6.07 Å². The van der Waals surface area contributed by atoms with Crippen LogP contribution in [0.3, 0.4) is 0 Å². The van der Waals surface area contributed by atoms with Crippen LogP contribution in [0.5, 0.6) is 0 Å². The number of aromatic nitrogens is 2. The van der Waals surface area contributed by atoms with Crippen molar-refractivity contribution >= 4 is 17.8 Å². The van der Waals surface area contributed by atoms with Crippen LogP contribution in [-0.4, -0.2) is 44.8 Å². The van der Waals surface area contributed by atoms with Gasteiger partial charge in [-0.3, -0.25) is 9.59 Å². The van der Waals surface area contributed by atoms with Crippen LogP contribution in [0.25, 0.3) is 0 Å².